The molecule has 1 aromatic heterocycles. The largest absolute Gasteiger partial charge is 0.497 e. The van der Waals surface area contributed by atoms with Gasteiger partial charge in [0.05, 0.1) is 37.1 Å². The second-order valence-corrected chi connectivity index (χ2v) is 11.8. The van der Waals surface area contributed by atoms with Crippen LogP contribution in [0, 0.1) is 5.92 Å². The highest BCUT2D eigenvalue weighted by atomic mass is 16.6. The van der Waals surface area contributed by atoms with Gasteiger partial charge >= 0.3 is 0 Å². The van der Waals surface area contributed by atoms with Crippen LogP contribution in [0.25, 0.3) is 11.0 Å². The fourth-order valence-electron chi connectivity index (χ4n) is 5.82. The number of nitrogens with zero attached hydrogens (tertiary/aromatic N) is 2. The van der Waals surface area contributed by atoms with E-state index in [1.807, 2.05) is 12.1 Å². The van der Waals surface area contributed by atoms with Gasteiger partial charge in [-0.25, -0.2) is 4.98 Å². The van der Waals surface area contributed by atoms with E-state index in [0.717, 1.165) is 31.2 Å². The van der Waals surface area contributed by atoms with Crippen LogP contribution in [0.3, 0.4) is 0 Å². The van der Waals surface area contributed by atoms with Gasteiger partial charge in [0.2, 0.25) is 17.7 Å². The summed E-state index contributed by atoms with van der Waals surface area (Å²) in [4.78, 5) is 56.8. The first-order valence-corrected chi connectivity index (χ1v) is 14.8. The quantitative estimate of drug-likeness (QED) is 0.259. The molecule has 0 bridgehead atoms. The molecule has 11 heteroatoms. The van der Waals surface area contributed by atoms with Gasteiger partial charge in [-0.1, -0.05) is 37.8 Å². The normalized spacial score (nSPS) is 20.3. The lowest BCUT2D eigenvalue weighted by Gasteiger charge is -2.26. The van der Waals surface area contributed by atoms with Crippen LogP contribution in [0.2, 0.25) is 0 Å². The molecule has 3 aromatic rings. The number of hydrogen-bond acceptors (Lipinski definition) is 7. The smallest absolute Gasteiger partial charge is 0.248 e. The SMILES string of the molecule is COc1ccc(C[C@H](NC(=O)[C@@H](C)n2cnc3cc(C(N)=O)ccc32)C(=O)N[C@@H](CC2CCCC2)C(=O)[C@@]2(C)CO2)cc1. The average molecular weight is 590 g/mol. The molecular formula is C32H39N5O6. The van der Waals surface area contributed by atoms with E-state index in [1.54, 1.807) is 55.9 Å². The van der Waals surface area contributed by atoms with Crippen LogP contribution in [-0.4, -0.2) is 64.5 Å². The fraction of sp³-hybridized carbons (Fsp3) is 0.469. The number of carbonyl (C=O) groups excluding carboxylic acids is 4. The summed E-state index contributed by atoms with van der Waals surface area (Å²) in [5.41, 5.74) is 6.82. The van der Waals surface area contributed by atoms with Crippen molar-refractivity contribution in [2.75, 3.05) is 13.7 Å². The van der Waals surface area contributed by atoms with Crippen molar-refractivity contribution in [3.05, 3.63) is 59.9 Å². The Bertz CT molecular complexity index is 1510. The Morgan fingerprint density at radius 2 is 1.74 bits per heavy atom. The highest BCUT2D eigenvalue weighted by Gasteiger charge is 2.50. The Hall–Kier alpha value is -4.25. The Morgan fingerprint density at radius 1 is 1.07 bits per heavy atom. The lowest BCUT2D eigenvalue weighted by Crippen LogP contribution is -2.55. The molecule has 11 nitrogen and oxygen atoms in total. The van der Waals surface area contributed by atoms with Crippen molar-refractivity contribution in [1.82, 2.24) is 20.2 Å². The molecule has 0 radical (unpaired) electrons. The minimum absolute atomic E-state index is 0.129. The molecule has 3 amide bonds. The van der Waals surface area contributed by atoms with Crippen molar-refractivity contribution in [2.45, 2.75) is 76.1 Å². The topological polar surface area (TPSA) is 158 Å². The first-order chi connectivity index (χ1) is 20.6. The lowest BCUT2D eigenvalue weighted by molar-refractivity contribution is -0.133. The Kier molecular flexibility index (Phi) is 8.82. The van der Waals surface area contributed by atoms with Gasteiger partial charge in [0.15, 0.2) is 5.78 Å². The number of carbonyl (C=O) groups is 4. The van der Waals surface area contributed by atoms with E-state index < -0.39 is 41.4 Å². The Balaban J connectivity index is 1.37. The number of primary amides is 1. The summed E-state index contributed by atoms with van der Waals surface area (Å²) in [6, 6.07) is 9.74. The number of nitrogens with two attached hydrogens (primary N) is 1. The molecule has 1 saturated heterocycles. The number of Topliss-reactive ketones (excluding diaryl/α,β-unsaturated/α-hetero) is 1. The molecule has 2 aliphatic rings. The summed E-state index contributed by atoms with van der Waals surface area (Å²) in [6.07, 6.45) is 6.57. The van der Waals surface area contributed by atoms with E-state index in [2.05, 4.69) is 15.6 Å². The van der Waals surface area contributed by atoms with Gasteiger partial charge in [-0.3, -0.25) is 19.2 Å². The van der Waals surface area contributed by atoms with E-state index in [0.29, 0.717) is 41.3 Å². The van der Waals surface area contributed by atoms with Gasteiger partial charge in [-0.2, -0.15) is 0 Å². The van der Waals surface area contributed by atoms with E-state index in [4.69, 9.17) is 15.2 Å². The van der Waals surface area contributed by atoms with Crippen LogP contribution in [0.15, 0.2) is 48.8 Å². The van der Waals surface area contributed by atoms with Gasteiger partial charge in [0.1, 0.15) is 23.4 Å². The van der Waals surface area contributed by atoms with Crippen LogP contribution in [0.5, 0.6) is 5.75 Å². The van der Waals surface area contributed by atoms with Crippen LogP contribution in [-0.2, 0) is 25.5 Å². The monoisotopic (exact) mass is 589 g/mol. The number of rotatable bonds is 13. The molecule has 43 heavy (non-hydrogen) atoms. The average Bonchev–Trinajstić information content (AvgIpc) is 3.35. The van der Waals surface area contributed by atoms with Crippen LogP contribution < -0.4 is 21.1 Å². The minimum Gasteiger partial charge on any atom is -0.497 e. The summed E-state index contributed by atoms with van der Waals surface area (Å²) in [5, 5.41) is 5.91. The number of aromatic nitrogens is 2. The molecule has 5 rings (SSSR count). The van der Waals surface area contributed by atoms with Gasteiger partial charge in [0, 0.05) is 12.0 Å². The molecule has 2 heterocycles. The van der Waals surface area contributed by atoms with Crippen molar-refractivity contribution in [1.29, 1.82) is 0 Å². The fourth-order valence-corrected chi connectivity index (χ4v) is 5.82. The molecule has 1 aliphatic heterocycles. The molecule has 4 N–H and O–H groups in total. The molecule has 2 aromatic carbocycles. The van der Waals surface area contributed by atoms with Crippen LogP contribution in [0.1, 0.15) is 67.9 Å². The Labute approximate surface area is 250 Å². The number of epoxide rings is 1. The maximum absolute atomic E-state index is 13.9. The molecule has 1 aliphatic carbocycles. The third-order valence-corrected chi connectivity index (χ3v) is 8.66. The number of ether oxygens (including phenoxy) is 2. The van der Waals surface area contributed by atoms with Crippen molar-refractivity contribution >= 4 is 34.5 Å². The number of amides is 3. The predicted octanol–water partition coefficient (Wildman–Crippen LogP) is 2.86. The molecule has 4 atom stereocenters. The Morgan fingerprint density at radius 3 is 2.37 bits per heavy atom. The summed E-state index contributed by atoms with van der Waals surface area (Å²) >= 11 is 0. The third kappa shape index (κ3) is 6.88. The number of ketones is 1. The van der Waals surface area contributed by atoms with Gasteiger partial charge < -0.3 is 30.4 Å². The summed E-state index contributed by atoms with van der Waals surface area (Å²) in [5.74, 6) is -0.497. The predicted molar refractivity (Wildman–Crippen MR) is 159 cm³/mol. The zero-order valence-electron chi connectivity index (χ0n) is 24.8. The van der Waals surface area contributed by atoms with Gasteiger partial charge in [-0.05, 0) is 62.1 Å². The molecule has 2 fully saturated rings. The summed E-state index contributed by atoms with van der Waals surface area (Å²) in [6.45, 7) is 3.80. The van der Waals surface area contributed by atoms with Crippen molar-refractivity contribution < 1.29 is 28.7 Å². The molecule has 228 valence electrons. The molecular weight excluding hydrogens is 550 g/mol. The van der Waals surface area contributed by atoms with E-state index in [-0.39, 0.29) is 12.2 Å². The zero-order chi connectivity index (χ0) is 30.7. The lowest BCUT2D eigenvalue weighted by atomic mass is 9.90. The highest BCUT2D eigenvalue weighted by Crippen LogP contribution is 2.33. The summed E-state index contributed by atoms with van der Waals surface area (Å²) < 4.78 is 12.4. The number of hydrogen-bond donors (Lipinski definition) is 3. The third-order valence-electron chi connectivity index (χ3n) is 8.66. The van der Waals surface area contributed by atoms with Crippen molar-refractivity contribution in [3.63, 3.8) is 0 Å². The van der Waals surface area contributed by atoms with Crippen LogP contribution in [0.4, 0.5) is 0 Å². The second-order valence-electron chi connectivity index (χ2n) is 11.8. The maximum atomic E-state index is 13.9. The molecule has 0 spiro atoms. The minimum atomic E-state index is -0.952. The number of benzene rings is 2. The maximum Gasteiger partial charge on any atom is 0.248 e. The van der Waals surface area contributed by atoms with E-state index in [1.165, 1.54) is 6.33 Å². The first kappa shape index (κ1) is 30.2. The molecule has 0 unspecified atom stereocenters. The van der Waals surface area contributed by atoms with E-state index >= 15 is 0 Å². The van der Waals surface area contributed by atoms with Crippen LogP contribution >= 0.6 is 0 Å². The number of methoxy groups -OCH3 is 1. The standard InChI is InChI=1S/C32H39N5O6/c1-19(37-18-34-24-16-22(29(33)39)10-13-27(24)37)30(40)36-26(15-21-8-11-23(42-3)12-9-21)31(41)35-25(14-20-6-4-5-7-20)28(38)32(2)17-43-32/h8-13,16,18-20,25-26H,4-7,14-15,17H2,1-3H3,(H2,33,39)(H,35,41)(H,36,40)/t19-,25+,26+,32-/m1/s1. The van der Waals surface area contributed by atoms with E-state index in [9.17, 15) is 19.2 Å². The van der Waals surface area contributed by atoms with Gasteiger partial charge in [0.25, 0.3) is 0 Å². The highest BCUT2D eigenvalue weighted by molar-refractivity contribution is 5.98. The van der Waals surface area contributed by atoms with Crippen molar-refractivity contribution in [3.8, 4) is 5.75 Å². The van der Waals surface area contributed by atoms with Crippen molar-refractivity contribution in [2.24, 2.45) is 11.7 Å². The molecule has 1 saturated carbocycles. The first-order valence-electron chi connectivity index (χ1n) is 14.8. The number of nitrogens with one attached hydrogen (secondary N) is 2. The zero-order valence-corrected chi connectivity index (χ0v) is 24.8. The second kappa shape index (κ2) is 12.5. The van der Waals surface area contributed by atoms with Gasteiger partial charge in [-0.15, -0.1) is 0 Å². The number of imidazole rings is 1. The number of fused-ring (bicyclic) bond motifs is 1. The summed E-state index contributed by atoms with van der Waals surface area (Å²) in [7, 11) is 1.58.